The Morgan fingerprint density at radius 1 is 1.00 bits per heavy atom. The quantitative estimate of drug-likeness (QED) is 0.790. The molecule has 1 amide bonds. The van der Waals surface area contributed by atoms with E-state index in [-0.39, 0.29) is 12.5 Å². The van der Waals surface area contributed by atoms with Gasteiger partial charge in [0, 0.05) is 6.54 Å². The molecule has 2 aromatic rings. The fourth-order valence-corrected chi connectivity index (χ4v) is 3.33. The molecule has 1 saturated heterocycles. The van der Waals surface area contributed by atoms with Gasteiger partial charge in [-0.15, -0.1) is 5.10 Å². The van der Waals surface area contributed by atoms with Crippen LogP contribution in [0.15, 0.2) is 59.7 Å². The average Bonchev–Trinajstić information content (AvgIpc) is 3.23. The summed E-state index contributed by atoms with van der Waals surface area (Å²) in [5.74, 6) is 0.922. The molecule has 0 aromatic heterocycles. The van der Waals surface area contributed by atoms with Crippen LogP contribution in [0.3, 0.4) is 0 Å². The van der Waals surface area contributed by atoms with E-state index in [0.717, 1.165) is 36.6 Å². The summed E-state index contributed by atoms with van der Waals surface area (Å²) in [4.78, 5) is 14.6. The Bertz CT molecular complexity index is 816. The molecule has 4 rings (SSSR count). The summed E-state index contributed by atoms with van der Waals surface area (Å²) in [5, 5.41) is 5.83. The van der Waals surface area contributed by atoms with Crippen LogP contribution in [-0.2, 0) is 9.53 Å². The van der Waals surface area contributed by atoms with E-state index < -0.39 is 0 Å². The molecule has 0 N–H and O–H groups in total. The number of anilines is 1. The minimum absolute atomic E-state index is 0.0458. The molecule has 0 atom stereocenters. The predicted molar refractivity (Wildman–Crippen MR) is 104 cm³/mol. The Morgan fingerprint density at radius 2 is 1.74 bits per heavy atom. The first-order valence-corrected chi connectivity index (χ1v) is 9.35. The minimum Gasteiger partial charge on any atom is -0.491 e. The number of rotatable bonds is 6. The van der Waals surface area contributed by atoms with Gasteiger partial charge in [0.25, 0.3) is 5.91 Å². The van der Waals surface area contributed by atoms with Gasteiger partial charge >= 0.3 is 0 Å². The lowest BCUT2D eigenvalue weighted by atomic mass is 10.2. The number of para-hydroxylation sites is 2. The van der Waals surface area contributed by atoms with Crippen molar-refractivity contribution in [3.05, 3.63) is 60.2 Å². The molecule has 0 saturated carbocycles. The summed E-state index contributed by atoms with van der Waals surface area (Å²) in [7, 11) is 0. The number of hydrogen-bond acceptors (Lipinski definition) is 5. The number of ether oxygens (including phenoxy) is 2. The van der Waals surface area contributed by atoms with E-state index in [9.17, 15) is 4.79 Å². The number of benzene rings is 2. The lowest BCUT2D eigenvalue weighted by Gasteiger charge is -2.24. The van der Waals surface area contributed by atoms with Crippen LogP contribution in [0.25, 0.3) is 0 Å². The first-order chi connectivity index (χ1) is 13.3. The van der Waals surface area contributed by atoms with Gasteiger partial charge in [-0.05, 0) is 50.2 Å². The highest BCUT2D eigenvalue weighted by molar-refractivity contribution is 6.05. The monoisotopic (exact) mass is 365 g/mol. The Morgan fingerprint density at radius 3 is 2.56 bits per heavy atom. The summed E-state index contributed by atoms with van der Waals surface area (Å²) in [6.07, 6.45) is 2.54. The molecule has 0 bridgehead atoms. The summed E-state index contributed by atoms with van der Waals surface area (Å²) < 4.78 is 11.6. The van der Waals surface area contributed by atoms with Crippen LogP contribution in [0.5, 0.6) is 5.75 Å². The molecule has 0 aliphatic carbocycles. The van der Waals surface area contributed by atoms with Gasteiger partial charge in [0.05, 0.1) is 11.3 Å². The maximum Gasteiger partial charge on any atom is 0.285 e. The molecule has 0 radical (unpaired) electrons. The fraction of sp³-hybridized carbons (Fsp3) is 0.333. The van der Waals surface area contributed by atoms with E-state index in [2.05, 4.69) is 10.0 Å². The number of nitrogens with zero attached hydrogens (tertiary/aromatic N) is 3. The number of hydrogen-bond donors (Lipinski definition) is 0. The third kappa shape index (κ3) is 4.11. The molecule has 6 heteroatoms. The SMILES string of the molecule is O=C1COC(c2ccccc2OCCN2CCCC2)=NN1c1ccccc1. The van der Waals surface area contributed by atoms with E-state index in [1.54, 1.807) is 0 Å². The molecule has 2 aliphatic rings. The first-order valence-electron chi connectivity index (χ1n) is 9.35. The number of hydrazone groups is 1. The molecule has 0 unspecified atom stereocenters. The zero-order valence-electron chi connectivity index (χ0n) is 15.2. The van der Waals surface area contributed by atoms with Crippen molar-refractivity contribution in [1.82, 2.24) is 4.90 Å². The van der Waals surface area contributed by atoms with Gasteiger partial charge < -0.3 is 9.47 Å². The number of carbonyl (C=O) groups excluding carboxylic acids is 1. The van der Waals surface area contributed by atoms with Crippen LogP contribution in [0, 0.1) is 0 Å². The minimum atomic E-state index is -0.197. The molecule has 2 aromatic carbocycles. The highest BCUT2D eigenvalue weighted by Gasteiger charge is 2.25. The molecule has 140 valence electrons. The van der Waals surface area contributed by atoms with Crippen molar-refractivity contribution in [2.45, 2.75) is 12.8 Å². The van der Waals surface area contributed by atoms with E-state index in [4.69, 9.17) is 9.47 Å². The second-order valence-corrected chi connectivity index (χ2v) is 6.63. The fourth-order valence-electron chi connectivity index (χ4n) is 3.33. The standard InChI is InChI=1S/C21H23N3O3/c25-20-16-27-21(22-24(20)17-8-2-1-3-9-17)18-10-4-5-11-19(18)26-15-14-23-12-6-7-13-23/h1-5,8-11H,6-7,12-16H2. The molecule has 1 fully saturated rings. The van der Waals surface area contributed by atoms with E-state index >= 15 is 0 Å². The Hall–Kier alpha value is -2.86. The van der Waals surface area contributed by atoms with Gasteiger partial charge in [-0.2, -0.15) is 5.01 Å². The Kier molecular flexibility index (Phi) is 5.34. The first kappa shape index (κ1) is 17.5. The van der Waals surface area contributed by atoms with E-state index in [0.29, 0.717) is 12.5 Å². The second kappa shape index (κ2) is 8.22. The summed E-state index contributed by atoms with van der Waals surface area (Å²) >= 11 is 0. The number of carbonyl (C=O) groups is 1. The van der Waals surface area contributed by atoms with Crippen LogP contribution >= 0.6 is 0 Å². The molecular weight excluding hydrogens is 342 g/mol. The molecular formula is C21H23N3O3. The van der Waals surface area contributed by atoms with Crippen LogP contribution < -0.4 is 9.75 Å². The van der Waals surface area contributed by atoms with Crippen molar-refractivity contribution in [3.63, 3.8) is 0 Å². The zero-order chi connectivity index (χ0) is 18.5. The normalized spacial score (nSPS) is 17.6. The highest BCUT2D eigenvalue weighted by atomic mass is 16.5. The van der Waals surface area contributed by atoms with E-state index in [1.807, 2.05) is 54.6 Å². The van der Waals surface area contributed by atoms with Crippen molar-refractivity contribution >= 4 is 17.5 Å². The van der Waals surface area contributed by atoms with Crippen LogP contribution in [0.1, 0.15) is 18.4 Å². The van der Waals surface area contributed by atoms with Crippen LogP contribution in [0.4, 0.5) is 5.69 Å². The Labute approximate surface area is 159 Å². The molecule has 2 aliphatic heterocycles. The van der Waals surface area contributed by atoms with Crippen molar-refractivity contribution in [3.8, 4) is 5.75 Å². The number of likely N-dealkylation sites (tertiary alicyclic amines) is 1. The largest absolute Gasteiger partial charge is 0.491 e. The van der Waals surface area contributed by atoms with Crippen LogP contribution in [-0.4, -0.2) is 49.6 Å². The molecule has 27 heavy (non-hydrogen) atoms. The van der Waals surface area contributed by atoms with Gasteiger partial charge in [-0.25, -0.2) is 0 Å². The maximum absolute atomic E-state index is 12.2. The lowest BCUT2D eigenvalue weighted by molar-refractivity contribution is -0.121. The lowest BCUT2D eigenvalue weighted by Crippen LogP contribution is -2.37. The summed E-state index contributed by atoms with van der Waals surface area (Å²) in [6.45, 7) is 3.78. The third-order valence-corrected chi connectivity index (χ3v) is 4.74. The zero-order valence-corrected chi connectivity index (χ0v) is 15.2. The van der Waals surface area contributed by atoms with Gasteiger partial charge in [0.15, 0.2) is 6.61 Å². The van der Waals surface area contributed by atoms with Crippen molar-refractivity contribution in [2.24, 2.45) is 5.10 Å². The smallest absolute Gasteiger partial charge is 0.285 e. The van der Waals surface area contributed by atoms with E-state index in [1.165, 1.54) is 17.9 Å². The third-order valence-electron chi connectivity index (χ3n) is 4.74. The van der Waals surface area contributed by atoms with Crippen molar-refractivity contribution < 1.29 is 14.3 Å². The topological polar surface area (TPSA) is 54.4 Å². The molecule has 6 nitrogen and oxygen atoms in total. The summed E-state index contributed by atoms with van der Waals surface area (Å²) in [6, 6.07) is 17.0. The van der Waals surface area contributed by atoms with Gasteiger partial charge in [-0.3, -0.25) is 9.69 Å². The van der Waals surface area contributed by atoms with Crippen molar-refractivity contribution in [1.29, 1.82) is 0 Å². The Balaban J connectivity index is 1.52. The number of amides is 1. The summed E-state index contributed by atoms with van der Waals surface area (Å²) in [5.41, 5.74) is 1.48. The van der Waals surface area contributed by atoms with Gasteiger partial charge in [0.1, 0.15) is 12.4 Å². The van der Waals surface area contributed by atoms with Gasteiger partial charge in [0.2, 0.25) is 5.90 Å². The maximum atomic E-state index is 12.2. The highest BCUT2D eigenvalue weighted by Crippen LogP contribution is 2.24. The molecule has 0 spiro atoms. The van der Waals surface area contributed by atoms with Crippen molar-refractivity contribution in [2.75, 3.05) is 37.9 Å². The van der Waals surface area contributed by atoms with Gasteiger partial charge in [-0.1, -0.05) is 30.3 Å². The molecule has 2 heterocycles. The predicted octanol–water partition coefficient (Wildman–Crippen LogP) is 2.89. The second-order valence-electron chi connectivity index (χ2n) is 6.63. The van der Waals surface area contributed by atoms with Crippen LogP contribution in [0.2, 0.25) is 0 Å². The average molecular weight is 365 g/mol.